The molecule has 0 spiro atoms. The first-order valence-electron chi connectivity index (χ1n) is 7.00. The van der Waals surface area contributed by atoms with Crippen LogP contribution in [0.2, 0.25) is 5.02 Å². The lowest BCUT2D eigenvalue weighted by Gasteiger charge is -1.99. The zero-order valence-corrected chi connectivity index (χ0v) is 13.6. The Kier molecular flexibility index (Phi) is 3.48. The molecule has 0 amide bonds. The Morgan fingerprint density at radius 2 is 1.74 bits per heavy atom. The minimum Gasteiger partial charge on any atom is -0.399 e. The highest BCUT2D eigenvalue weighted by atomic mass is 35.5. The van der Waals surface area contributed by atoms with Gasteiger partial charge in [0.1, 0.15) is 5.01 Å². The van der Waals surface area contributed by atoms with Gasteiger partial charge in [-0.2, -0.15) is 9.61 Å². The van der Waals surface area contributed by atoms with E-state index in [2.05, 4.69) is 15.3 Å². The van der Waals surface area contributed by atoms with E-state index in [1.165, 1.54) is 11.3 Å². The highest BCUT2D eigenvalue weighted by molar-refractivity contribution is 7.19. The third kappa shape index (κ3) is 2.78. The van der Waals surface area contributed by atoms with E-state index in [9.17, 15) is 0 Å². The van der Waals surface area contributed by atoms with Gasteiger partial charge in [0.2, 0.25) is 4.96 Å². The molecule has 2 N–H and O–H groups in total. The number of rotatable bonds is 3. The number of aromatic nitrogens is 4. The van der Waals surface area contributed by atoms with Crippen LogP contribution in [0.25, 0.3) is 15.5 Å². The van der Waals surface area contributed by atoms with Crippen LogP contribution >= 0.6 is 22.9 Å². The minimum atomic E-state index is 0.656. The predicted molar refractivity (Wildman–Crippen MR) is 92.8 cm³/mol. The van der Waals surface area contributed by atoms with E-state index in [0.717, 1.165) is 37.6 Å². The molecule has 0 atom stereocenters. The molecule has 0 fully saturated rings. The van der Waals surface area contributed by atoms with Crippen molar-refractivity contribution in [2.45, 2.75) is 6.42 Å². The van der Waals surface area contributed by atoms with Crippen LogP contribution in [0.5, 0.6) is 0 Å². The smallest absolute Gasteiger partial charge is 0.234 e. The maximum Gasteiger partial charge on any atom is 0.234 e. The number of benzene rings is 2. The normalized spacial score (nSPS) is 11.2. The molecule has 114 valence electrons. The van der Waals surface area contributed by atoms with Crippen molar-refractivity contribution in [3.05, 3.63) is 64.9 Å². The van der Waals surface area contributed by atoms with Crippen molar-refractivity contribution in [2.75, 3.05) is 5.73 Å². The summed E-state index contributed by atoms with van der Waals surface area (Å²) in [5, 5.41) is 14.7. The van der Waals surface area contributed by atoms with Crippen LogP contribution in [0, 0.1) is 0 Å². The third-order valence-electron chi connectivity index (χ3n) is 3.49. The van der Waals surface area contributed by atoms with Gasteiger partial charge in [0.25, 0.3) is 0 Å². The van der Waals surface area contributed by atoms with Crippen LogP contribution < -0.4 is 5.73 Å². The molecular formula is C16H12ClN5S. The molecule has 0 bridgehead atoms. The minimum absolute atomic E-state index is 0.656. The standard InChI is InChI=1S/C16H12ClN5S/c17-12-5-1-10(2-6-12)9-14-19-20-16-22(14)21-15(23-16)11-3-7-13(18)8-4-11/h1-8H,9,18H2. The Morgan fingerprint density at radius 3 is 2.48 bits per heavy atom. The van der Waals surface area contributed by atoms with Gasteiger partial charge in [0.05, 0.1) is 0 Å². The molecule has 0 saturated carbocycles. The highest BCUT2D eigenvalue weighted by Crippen LogP contribution is 2.26. The summed E-state index contributed by atoms with van der Waals surface area (Å²) in [6, 6.07) is 15.4. The van der Waals surface area contributed by atoms with Gasteiger partial charge in [0.15, 0.2) is 5.82 Å². The van der Waals surface area contributed by atoms with Gasteiger partial charge in [-0.05, 0) is 42.0 Å². The molecule has 4 aromatic rings. The van der Waals surface area contributed by atoms with Crippen LogP contribution in [0.15, 0.2) is 48.5 Å². The van der Waals surface area contributed by atoms with Crippen LogP contribution in [0.3, 0.4) is 0 Å². The quantitative estimate of drug-likeness (QED) is 0.577. The predicted octanol–water partition coefficient (Wildman–Crippen LogP) is 3.68. The molecule has 5 nitrogen and oxygen atoms in total. The zero-order chi connectivity index (χ0) is 15.8. The molecule has 23 heavy (non-hydrogen) atoms. The number of nitrogen functional groups attached to an aromatic ring is 1. The van der Waals surface area contributed by atoms with Gasteiger partial charge in [-0.3, -0.25) is 0 Å². The number of nitrogens with zero attached hydrogens (tertiary/aromatic N) is 4. The van der Waals surface area contributed by atoms with Gasteiger partial charge in [-0.25, -0.2) is 0 Å². The van der Waals surface area contributed by atoms with Crippen LogP contribution in [-0.4, -0.2) is 19.8 Å². The van der Waals surface area contributed by atoms with Crippen molar-refractivity contribution in [3.8, 4) is 10.6 Å². The van der Waals surface area contributed by atoms with Crippen LogP contribution in [0.1, 0.15) is 11.4 Å². The lowest BCUT2D eigenvalue weighted by molar-refractivity contribution is 0.854. The average Bonchev–Trinajstić information content (AvgIpc) is 3.12. The van der Waals surface area contributed by atoms with Crippen molar-refractivity contribution < 1.29 is 0 Å². The Labute approximate surface area is 141 Å². The fraction of sp³-hybridized carbons (Fsp3) is 0.0625. The molecule has 0 saturated heterocycles. The Morgan fingerprint density at radius 1 is 1.00 bits per heavy atom. The summed E-state index contributed by atoms with van der Waals surface area (Å²) in [6.45, 7) is 0. The lowest BCUT2D eigenvalue weighted by atomic mass is 10.1. The SMILES string of the molecule is Nc1ccc(-c2nn3c(Cc4ccc(Cl)cc4)nnc3s2)cc1. The lowest BCUT2D eigenvalue weighted by Crippen LogP contribution is -1.97. The maximum absolute atomic E-state index is 5.92. The Bertz CT molecular complexity index is 956. The number of nitrogens with two attached hydrogens (primary N) is 1. The maximum atomic E-state index is 5.92. The molecule has 0 aliphatic heterocycles. The number of hydrogen-bond acceptors (Lipinski definition) is 5. The first-order valence-corrected chi connectivity index (χ1v) is 8.20. The molecule has 2 heterocycles. The van der Waals surface area contributed by atoms with Gasteiger partial charge < -0.3 is 5.73 Å². The molecule has 4 rings (SSSR count). The average molecular weight is 342 g/mol. The van der Waals surface area contributed by atoms with E-state index in [-0.39, 0.29) is 0 Å². The van der Waals surface area contributed by atoms with Crippen molar-refractivity contribution in [1.82, 2.24) is 19.8 Å². The second-order valence-corrected chi connectivity index (χ2v) is 6.54. The summed E-state index contributed by atoms with van der Waals surface area (Å²) in [7, 11) is 0. The number of halogens is 1. The largest absolute Gasteiger partial charge is 0.399 e. The van der Waals surface area contributed by atoms with Crippen molar-refractivity contribution in [2.24, 2.45) is 0 Å². The van der Waals surface area contributed by atoms with Crippen molar-refractivity contribution in [3.63, 3.8) is 0 Å². The van der Waals surface area contributed by atoms with Crippen molar-refractivity contribution >= 4 is 33.6 Å². The Balaban J connectivity index is 1.69. The molecule has 0 radical (unpaired) electrons. The highest BCUT2D eigenvalue weighted by Gasteiger charge is 2.13. The number of hydrogen-bond donors (Lipinski definition) is 1. The molecule has 0 aliphatic carbocycles. The monoisotopic (exact) mass is 341 g/mol. The second kappa shape index (κ2) is 5.64. The van der Waals surface area contributed by atoms with Gasteiger partial charge in [-0.15, -0.1) is 10.2 Å². The summed E-state index contributed by atoms with van der Waals surface area (Å²) in [5.41, 5.74) is 8.60. The topological polar surface area (TPSA) is 69.1 Å². The van der Waals surface area contributed by atoms with Gasteiger partial charge in [-0.1, -0.05) is 35.1 Å². The summed E-state index contributed by atoms with van der Waals surface area (Å²) in [4.78, 5) is 0.779. The van der Waals surface area contributed by atoms with Gasteiger partial charge >= 0.3 is 0 Å². The Hall–Kier alpha value is -2.44. The molecule has 0 unspecified atom stereocenters. The number of anilines is 1. The van der Waals surface area contributed by atoms with Crippen molar-refractivity contribution in [1.29, 1.82) is 0 Å². The first-order chi connectivity index (χ1) is 11.2. The molecule has 7 heteroatoms. The zero-order valence-electron chi connectivity index (χ0n) is 12.0. The van der Waals surface area contributed by atoms with E-state index in [1.807, 2.05) is 48.5 Å². The second-order valence-electron chi connectivity index (χ2n) is 5.14. The summed E-state index contributed by atoms with van der Waals surface area (Å²) in [5.74, 6) is 0.806. The van der Waals surface area contributed by atoms with Crippen LogP contribution in [0.4, 0.5) is 5.69 Å². The summed E-state index contributed by atoms with van der Waals surface area (Å²) in [6.07, 6.45) is 0.656. The third-order valence-corrected chi connectivity index (χ3v) is 4.69. The van der Waals surface area contributed by atoms with E-state index >= 15 is 0 Å². The summed E-state index contributed by atoms with van der Waals surface area (Å²) >= 11 is 7.42. The van der Waals surface area contributed by atoms with Gasteiger partial charge in [0, 0.05) is 22.7 Å². The number of fused-ring (bicyclic) bond motifs is 1. The van der Waals surface area contributed by atoms with E-state index in [0.29, 0.717) is 6.42 Å². The molecule has 2 aromatic heterocycles. The fourth-order valence-corrected chi connectivity index (χ4v) is 3.28. The van der Waals surface area contributed by atoms with Crippen LogP contribution in [-0.2, 0) is 6.42 Å². The van der Waals surface area contributed by atoms with E-state index in [4.69, 9.17) is 17.3 Å². The van der Waals surface area contributed by atoms with E-state index < -0.39 is 0 Å². The molecule has 0 aliphatic rings. The molecular weight excluding hydrogens is 330 g/mol. The summed E-state index contributed by atoms with van der Waals surface area (Å²) < 4.78 is 1.80. The molecule has 2 aromatic carbocycles. The fourth-order valence-electron chi connectivity index (χ4n) is 2.29. The first kappa shape index (κ1) is 14.2. The van der Waals surface area contributed by atoms with E-state index in [1.54, 1.807) is 4.52 Å².